The zero-order valence-electron chi connectivity index (χ0n) is 37.1. The van der Waals surface area contributed by atoms with Crippen LogP contribution in [0.4, 0.5) is 0 Å². The smallest absolute Gasteiger partial charge is 0.164 e. The molecule has 11 rings (SSSR count). The molecule has 0 aliphatic carbocycles. The molecule has 3 heterocycles. The van der Waals surface area contributed by atoms with Gasteiger partial charge >= 0.3 is 0 Å². The normalized spacial score (nSPS) is 12.2. The summed E-state index contributed by atoms with van der Waals surface area (Å²) < 4.78 is 4.91. The maximum Gasteiger partial charge on any atom is 0.164 e. The minimum atomic E-state index is -0.00240. The van der Waals surface area contributed by atoms with Gasteiger partial charge < -0.3 is 9.13 Å². The summed E-state index contributed by atoms with van der Waals surface area (Å²) in [4.78, 5) is 15.1. The fourth-order valence-corrected chi connectivity index (χ4v) is 9.23. The number of para-hydroxylation sites is 2. The van der Waals surface area contributed by atoms with Crippen LogP contribution in [0.15, 0.2) is 188 Å². The first kappa shape index (κ1) is 39.2. The average molecular weight is 828 g/mol. The van der Waals surface area contributed by atoms with Crippen LogP contribution in [0.3, 0.4) is 0 Å². The van der Waals surface area contributed by atoms with Crippen LogP contribution >= 0.6 is 0 Å². The van der Waals surface area contributed by atoms with E-state index in [1.807, 2.05) is 60.7 Å². The second-order valence-corrected chi connectivity index (χ2v) is 19.0. The predicted molar refractivity (Wildman–Crippen MR) is 268 cm³/mol. The molecule has 3 aromatic heterocycles. The third-order valence-corrected chi connectivity index (χ3v) is 12.7. The number of rotatable bonds is 6. The molecule has 0 N–H and O–H groups in total. The fourth-order valence-electron chi connectivity index (χ4n) is 9.23. The maximum absolute atomic E-state index is 5.06. The predicted octanol–water partition coefficient (Wildman–Crippen LogP) is 15.3. The van der Waals surface area contributed by atoms with E-state index in [2.05, 4.69) is 178 Å². The molecule has 8 aromatic carbocycles. The van der Waals surface area contributed by atoms with Crippen LogP contribution in [0.1, 0.15) is 52.7 Å². The van der Waals surface area contributed by atoms with Gasteiger partial charge in [-0.15, -0.1) is 0 Å². The lowest BCUT2D eigenvalue weighted by Gasteiger charge is -2.20. The Kier molecular flexibility index (Phi) is 9.21. The molecule has 0 radical (unpaired) electrons. The molecule has 11 aromatic rings. The van der Waals surface area contributed by atoms with E-state index >= 15 is 0 Å². The van der Waals surface area contributed by atoms with Crippen LogP contribution in [-0.4, -0.2) is 24.1 Å². The molecule has 5 nitrogen and oxygen atoms in total. The largest absolute Gasteiger partial charge is 0.309 e. The van der Waals surface area contributed by atoms with E-state index in [1.165, 1.54) is 49.2 Å². The van der Waals surface area contributed by atoms with Gasteiger partial charge in [-0.3, -0.25) is 0 Å². The van der Waals surface area contributed by atoms with Crippen molar-refractivity contribution in [1.29, 1.82) is 0 Å². The Hall–Kier alpha value is -7.63. The highest BCUT2D eigenvalue weighted by atomic mass is 15.0. The Morgan fingerprint density at radius 1 is 0.328 bits per heavy atom. The van der Waals surface area contributed by atoms with Crippen molar-refractivity contribution in [3.8, 4) is 56.7 Å². The number of aromatic nitrogens is 5. The summed E-state index contributed by atoms with van der Waals surface area (Å²) in [7, 11) is 0. The van der Waals surface area contributed by atoms with E-state index in [4.69, 9.17) is 15.0 Å². The SMILES string of the molecule is CC(C)(C)c1ccc2c(c1)c1cc(C(C)(C)C)ccc1n2-c1cc2c3ccccc3n(-c3ccccc3)c2cc1-c1ccc(-c2nc(-c3ccccc3)nc(-c3ccccc3)n2)cc1. The van der Waals surface area contributed by atoms with E-state index < -0.39 is 0 Å². The molecule has 0 unspecified atom stereocenters. The molecule has 0 aliphatic heterocycles. The second-order valence-electron chi connectivity index (χ2n) is 19.0. The van der Waals surface area contributed by atoms with Gasteiger partial charge in [0.2, 0.25) is 0 Å². The fraction of sp³-hybridized carbons (Fsp3) is 0.136. The lowest BCUT2D eigenvalue weighted by atomic mass is 9.85. The molecule has 310 valence electrons. The van der Waals surface area contributed by atoms with E-state index in [1.54, 1.807) is 0 Å². The van der Waals surface area contributed by atoms with Crippen molar-refractivity contribution in [3.05, 3.63) is 199 Å². The maximum atomic E-state index is 5.06. The van der Waals surface area contributed by atoms with Gasteiger partial charge in [0.05, 0.1) is 27.8 Å². The minimum absolute atomic E-state index is 0.00240. The van der Waals surface area contributed by atoms with Crippen LogP contribution in [-0.2, 0) is 10.8 Å². The topological polar surface area (TPSA) is 48.5 Å². The second kappa shape index (κ2) is 15.0. The van der Waals surface area contributed by atoms with Crippen LogP contribution in [0.5, 0.6) is 0 Å². The van der Waals surface area contributed by atoms with Crippen LogP contribution in [0, 0.1) is 0 Å². The summed E-state index contributed by atoms with van der Waals surface area (Å²) in [6.07, 6.45) is 0. The third kappa shape index (κ3) is 6.76. The summed E-state index contributed by atoms with van der Waals surface area (Å²) in [5.74, 6) is 1.92. The summed E-state index contributed by atoms with van der Waals surface area (Å²) in [6.45, 7) is 13.8. The average Bonchev–Trinajstić information content (AvgIpc) is 3.83. The minimum Gasteiger partial charge on any atom is -0.309 e. The van der Waals surface area contributed by atoms with E-state index in [9.17, 15) is 0 Å². The van der Waals surface area contributed by atoms with Gasteiger partial charge in [-0.25, -0.2) is 15.0 Å². The lowest BCUT2D eigenvalue weighted by Crippen LogP contribution is -2.10. The first-order valence-electron chi connectivity index (χ1n) is 22.2. The summed E-state index contributed by atoms with van der Waals surface area (Å²) in [5, 5.41) is 4.95. The standard InChI is InChI=1S/C59H49N5/c1-58(2,3)42-30-32-51-47(34-42)48-35-43(59(4,5)6)31-33-52(48)64(51)53-37-49-45-24-16-17-25-50(45)63(44-22-14-9-15-23-44)54(49)36-46(53)38-26-28-41(29-27-38)57-61-55(39-18-10-7-11-19-39)60-56(62-57)40-20-12-8-13-21-40/h7-37H,1-6H3. The Balaban J connectivity index is 1.18. The van der Waals surface area contributed by atoms with E-state index in [-0.39, 0.29) is 10.8 Å². The Bertz CT molecular complexity index is 3400. The van der Waals surface area contributed by atoms with Crippen molar-refractivity contribution >= 4 is 43.6 Å². The van der Waals surface area contributed by atoms with Crippen LogP contribution in [0.2, 0.25) is 0 Å². The zero-order valence-corrected chi connectivity index (χ0v) is 37.1. The number of nitrogens with zero attached hydrogens (tertiary/aromatic N) is 5. The molecule has 64 heavy (non-hydrogen) atoms. The van der Waals surface area contributed by atoms with Gasteiger partial charge in [-0.05, 0) is 82.1 Å². The van der Waals surface area contributed by atoms with Crippen molar-refractivity contribution in [2.45, 2.75) is 52.4 Å². The lowest BCUT2D eigenvalue weighted by molar-refractivity contribution is 0.590. The number of benzene rings is 8. The van der Waals surface area contributed by atoms with E-state index in [0.29, 0.717) is 17.5 Å². The third-order valence-electron chi connectivity index (χ3n) is 12.7. The summed E-state index contributed by atoms with van der Waals surface area (Å²) in [5.41, 5.74) is 14.6. The molecule has 0 spiro atoms. The molecular formula is C59H49N5. The van der Waals surface area contributed by atoms with Crippen molar-refractivity contribution in [2.75, 3.05) is 0 Å². The molecule has 0 bridgehead atoms. The van der Waals surface area contributed by atoms with E-state index in [0.717, 1.165) is 44.7 Å². The van der Waals surface area contributed by atoms with Crippen LogP contribution < -0.4 is 0 Å². The highest BCUT2D eigenvalue weighted by Crippen LogP contribution is 2.43. The Labute approximate surface area is 374 Å². The zero-order chi connectivity index (χ0) is 43.7. The quantitative estimate of drug-likeness (QED) is 0.168. The highest BCUT2D eigenvalue weighted by molar-refractivity contribution is 6.14. The van der Waals surface area contributed by atoms with Crippen molar-refractivity contribution < 1.29 is 0 Å². The first-order valence-corrected chi connectivity index (χ1v) is 22.2. The molecule has 5 heteroatoms. The van der Waals surface area contributed by atoms with Gasteiger partial charge in [-0.1, -0.05) is 175 Å². The van der Waals surface area contributed by atoms with Gasteiger partial charge in [0.1, 0.15) is 0 Å². The number of hydrogen-bond donors (Lipinski definition) is 0. The number of hydrogen-bond acceptors (Lipinski definition) is 3. The van der Waals surface area contributed by atoms with Crippen molar-refractivity contribution in [3.63, 3.8) is 0 Å². The van der Waals surface area contributed by atoms with Gasteiger partial charge in [0, 0.05) is 49.5 Å². The van der Waals surface area contributed by atoms with Crippen molar-refractivity contribution in [2.24, 2.45) is 0 Å². The molecule has 0 atom stereocenters. The molecule has 0 fully saturated rings. The van der Waals surface area contributed by atoms with Gasteiger partial charge in [-0.2, -0.15) is 0 Å². The molecular weight excluding hydrogens is 779 g/mol. The first-order chi connectivity index (χ1) is 31.0. The van der Waals surface area contributed by atoms with Crippen molar-refractivity contribution in [1.82, 2.24) is 24.1 Å². The summed E-state index contributed by atoms with van der Waals surface area (Å²) >= 11 is 0. The highest BCUT2D eigenvalue weighted by Gasteiger charge is 2.24. The Morgan fingerprint density at radius 2 is 0.750 bits per heavy atom. The van der Waals surface area contributed by atoms with Gasteiger partial charge in [0.15, 0.2) is 17.5 Å². The monoisotopic (exact) mass is 827 g/mol. The molecule has 0 saturated heterocycles. The molecule has 0 aliphatic rings. The van der Waals surface area contributed by atoms with Crippen LogP contribution in [0.25, 0.3) is 100 Å². The van der Waals surface area contributed by atoms with Gasteiger partial charge in [0.25, 0.3) is 0 Å². The Morgan fingerprint density at radius 3 is 1.27 bits per heavy atom. The summed E-state index contributed by atoms with van der Waals surface area (Å²) in [6, 6.07) is 67.6. The molecule has 0 amide bonds. The molecule has 0 saturated carbocycles. The number of fused-ring (bicyclic) bond motifs is 6.